The summed E-state index contributed by atoms with van der Waals surface area (Å²) in [5, 5.41) is 6.60. The molecular weight excluding hydrogens is 230 g/mol. The van der Waals surface area contributed by atoms with Crippen LogP contribution in [0.25, 0.3) is 0 Å². The maximum Gasteiger partial charge on any atom is 0.0945 e. The highest BCUT2D eigenvalue weighted by Gasteiger charge is 2.02. The van der Waals surface area contributed by atoms with E-state index in [0.29, 0.717) is 0 Å². The molecule has 0 amide bonds. The fourth-order valence-electron chi connectivity index (χ4n) is 1.66. The molecule has 0 saturated carbocycles. The van der Waals surface area contributed by atoms with Gasteiger partial charge in [0.1, 0.15) is 0 Å². The standard InChI is InChI=1S/C13H17N3S/c1-9-4-3-5-11(13(9)14)15-7-6-12-16-10(2)8-17-12/h3-5,8,15H,6-7,14H2,1-2H3. The average molecular weight is 247 g/mol. The number of hydrogen-bond donors (Lipinski definition) is 2. The molecule has 0 aliphatic carbocycles. The van der Waals surface area contributed by atoms with Crippen molar-refractivity contribution in [3.63, 3.8) is 0 Å². The molecule has 1 heterocycles. The third kappa shape index (κ3) is 2.97. The summed E-state index contributed by atoms with van der Waals surface area (Å²) in [7, 11) is 0. The molecule has 3 N–H and O–H groups in total. The van der Waals surface area contributed by atoms with E-state index in [1.54, 1.807) is 11.3 Å². The van der Waals surface area contributed by atoms with Gasteiger partial charge in [-0.15, -0.1) is 11.3 Å². The molecule has 17 heavy (non-hydrogen) atoms. The number of aromatic nitrogens is 1. The molecule has 0 fully saturated rings. The number of nitrogen functional groups attached to an aromatic ring is 1. The van der Waals surface area contributed by atoms with Crippen molar-refractivity contribution in [1.82, 2.24) is 4.98 Å². The van der Waals surface area contributed by atoms with Crippen LogP contribution < -0.4 is 11.1 Å². The zero-order valence-corrected chi connectivity index (χ0v) is 11.0. The molecule has 90 valence electrons. The number of rotatable bonds is 4. The molecule has 1 aromatic heterocycles. The van der Waals surface area contributed by atoms with Gasteiger partial charge in [-0.1, -0.05) is 12.1 Å². The summed E-state index contributed by atoms with van der Waals surface area (Å²) in [6.45, 7) is 4.90. The summed E-state index contributed by atoms with van der Waals surface area (Å²) in [6.07, 6.45) is 0.936. The van der Waals surface area contributed by atoms with Gasteiger partial charge in [0.05, 0.1) is 16.4 Å². The minimum absolute atomic E-state index is 0.836. The molecule has 0 unspecified atom stereocenters. The second-order valence-electron chi connectivity index (χ2n) is 4.10. The third-order valence-electron chi connectivity index (χ3n) is 2.65. The van der Waals surface area contributed by atoms with Crippen molar-refractivity contribution in [2.45, 2.75) is 20.3 Å². The van der Waals surface area contributed by atoms with E-state index in [1.165, 1.54) is 5.01 Å². The van der Waals surface area contributed by atoms with E-state index in [0.717, 1.165) is 35.6 Å². The first kappa shape index (κ1) is 11.9. The van der Waals surface area contributed by atoms with Crippen molar-refractivity contribution in [1.29, 1.82) is 0 Å². The summed E-state index contributed by atoms with van der Waals surface area (Å²) in [5.74, 6) is 0. The van der Waals surface area contributed by atoms with Crippen molar-refractivity contribution in [3.05, 3.63) is 39.8 Å². The van der Waals surface area contributed by atoms with E-state index in [9.17, 15) is 0 Å². The molecule has 0 spiro atoms. The number of thiazole rings is 1. The minimum Gasteiger partial charge on any atom is -0.397 e. The highest BCUT2D eigenvalue weighted by Crippen LogP contribution is 2.21. The summed E-state index contributed by atoms with van der Waals surface area (Å²) in [4.78, 5) is 4.43. The molecule has 0 bridgehead atoms. The lowest BCUT2D eigenvalue weighted by Gasteiger charge is -2.10. The molecular formula is C13H17N3S. The van der Waals surface area contributed by atoms with Crippen LogP contribution in [0.2, 0.25) is 0 Å². The number of anilines is 2. The van der Waals surface area contributed by atoms with Gasteiger partial charge in [-0.3, -0.25) is 0 Å². The van der Waals surface area contributed by atoms with Gasteiger partial charge in [-0.2, -0.15) is 0 Å². The second-order valence-corrected chi connectivity index (χ2v) is 5.04. The maximum atomic E-state index is 5.99. The van der Waals surface area contributed by atoms with E-state index >= 15 is 0 Å². The lowest BCUT2D eigenvalue weighted by Crippen LogP contribution is -2.07. The predicted molar refractivity (Wildman–Crippen MR) is 74.6 cm³/mol. The number of para-hydroxylation sites is 1. The largest absolute Gasteiger partial charge is 0.397 e. The molecule has 4 heteroatoms. The quantitative estimate of drug-likeness (QED) is 0.817. The number of nitrogens with one attached hydrogen (secondary N) is 1. The molecule has 0 saturated heterocycles. The van der Waals surface area contributed by atoms with Gasteiger partial charge >= 0.3 is 0 Å². The number of hydrogen-bond acceptors (Lipinski definition) is 4. The Hall–Kier alpha value is -1.55. The van der Waals surface area contributed by atoms with Crippen LogP contribution in [0, 0.1) is 13.8 Å². The van der Waals surface area contributed by atoms with Crippen molar-refractivity contribution in [2.75, 3.05) is 17.6 Å². The minimum atomic E-state index is 0.836. The van der Waals surface area contributed by atoms with Gasteiger partial charge in [-0.05, 0) is 25.5 Å². The van der Waals surface area contributed by atoms with Crippen molar-refractivity contribution in [3.8, 4) is 0 Å². The highest BCUT2D eigenvalue weighted by molar-refractivity contribution is 7.09. The SMILES string of the molecule is Cc1csc(CCNc2cccc(C)c2N)n1. The Balaban J connectivity index is 1.92. The number of aryl methyl sites for hydroxylation is 2. The normalized spacial score (nSPS) is 10.5. The van der Waals surface area contributed by atoms with Crippen LogP contribution in [-0.2, 0) is 6.42 Å². The summed E-state index contributed by atoms with van der Waals surface area (Å²) >= 11 is 1.71. The van der Waals surface area contributed by atoms with Gasteiger partial charge in [0.25, 0.3) is 0 Å². The highest BCUT2D eigenvalue weighted by atomic mass is 32.1. The molecule has 0 aliphatic rings. The van der Waals surface area contributed by atoms with Crippen molar-refractivity contribution < 1.29 is 0 Å². The van der Waals surface area contributed by atoms with Crippen molar-refractivity contribution in [2.24, 2.45) is 0 Å². The lowest BCUT2D eigenvalue weighted by molar-refractivity contribution is 0.987. The Labute approximate surface area is 106 Å². The second kappa shape index (κ2) is 5.19. The van der Waals surface area contributed by atoms with Crippen LogP contribution in [-0.4, -0.2) is 11.5 Å². The lowest BCUT2D eigenvalue weighted by atomic mass is 10.2. The molecule has 0 atom stereocenters. The number of benzene rings is 1. The first-order chi connectivity index (χ1) is 8.16. The van der Waals surface area contributed by atoms with Crippen LogP contribution in [0.15, 0.2) is 23.6 Å². The van der Waals surface area contributed by atoms with E-state index in [2.05, 4.69) is 15.7 Å². The molecule has 2 aromatic rings. The van der Waals surface area contributed by atoms with Gasteiger partial charge in [-0.25, -0.2) is 4.98 Å². The fourth-order valence-corrected chi connectivity index (χ4v) is 2.43. The van der Waals surface area contributed by atoms with E-state index in [-0.39, 0.29) is 0 Å². The van der Waals surface area contributed by atoms with Crippen LogP contribution in [0.4, 0.5) is 11.4 Å². The Morgan fingerprint density at radius 2 is 2.18 bits per heavy atom. The molecule has 0 radical (unpaired) electrons. The number of nitrogens with zero attached hydrogens (tertiary/aromatic N) is 1. The van der Waals surface area contributed by atoms with Crippen molar-refractivity contribution >= 4 is 22.7 Å². The predicted octanol–water partition coefficient (Wildman–Crippen LogP) is 3.00. The Morgan fingerprint density at radius 3 is 2.88 bits per heavy atom. The average Bonchev–Trinajstić information content (AvgIpc) is 2.70. The number of nitrogens with two attached hydrogens (primary N) is 1. The zero-order chi connectivity index (χ0) is 12.3. The van der Waals surface area contributed by atoms with Crippen LogP contribution in [0.5, 0.6) is 0 Å². The first-order valence-electron chi connectivity index (χ1n) is 5.67. The Bertz CT molecular complexity index is 505. The van der Waals surface area contributed by atoms with Crippen LogP contribution in [0.3, 0.4) is 0 Å². The van der Waals surface area contributed by atoms with E-state index in [4.69, 9.17) is 5.73 Å². The van der Waals surface area contributed by atoms with E-state index < -0.39 is 0 Å². The smallest absolute Gasteiger partial charge is 0.0945 e. The summed E-state index contributed by atoms with van der Waals surface area (Å²) < 4.78 is 0. The first-order valence-corrected chi connectivity index (χ1v) is 6.55. The Kier molecular flexibility index (Phi) is 3.64. The van der Waals surface area contributed by atoms with E-state index in [1.807, 2.05) is 32.0 Å². The third-order valence-corrected chi connectivity index (χ3v) is 3.67. The van der Waals surface area contributed by atoms with Gasteiger partial charge < -0.3 is 11.1 Å². The zero-order valence-electron chi connectivity index (χ0n) is 10.2. The molecule has 3 nitrogen and oxygen atoms in total. The Morgan fingerprint density at radius 1 is 1.35 bits per heavy atom. The summed E-state index contributed by atoms with van der Waals surface area (Å²) in [6, 6.07) is 6.04. The molecule has 2 rings (SSSR count). The summed E-state index contributed by atoms with van der Waals surface area (Å²) in [5.41, 5.74) is 10.0. The monoisotopic (exact) mass is 247 g/mol. The van der Waals surface area contributed by atoms with Crippen LogP contribution >= 0.6 is 11.3 Å². The fraction of sp³-hybridized carbons (Fsp3) is 0.308. The van der Waals surface area contributed by atoms with Gasteiger partial charge in [0, 0.05) is 24.0 Å². The van der Waals surface area contributed by atoms with Crippen LogP contribution in [0.1, 0.15) is 16.3 Å². The molecule has 0 aliphatic heterocycles. The topological polar surface area (TPSA) is 50.9 Å². The maximum absolute atomic E-state index is 5.99. The van der Waals surface area contributed by atoms with Gasteiger partial charge in [0.15, 0.2) is 0 Å². The molecule has 1 aromatic carbocycles. The van der Waals surface area contributed by atoms with Gasteiger partial charge in [0.2, 0.25) is 0 Å².